The SMILES string of the molecule is CC(NC(=O)C1(N)CCN(c2cc(N)ncn2)CC1)c1ccc(Cl)cc1. The van der Waals surface area contributed by atoms with Crippen molar-refractivity contribution in [3.63, 3.8) is 0 Å². The van der Waals surface area contributed by atoms with E-state index in [1.807, 2.05) is 31.2 Å². The van der Waals surface area contributed by atoms with Crippen LogP contribution in [0.1, 0.15) is 31.4 Å². The van der Waals surface area contributed by atoms with Crippen LogP contribution in [0.2, 0.25) is 5.02 Å². The van der Waals surface area contributed by atoms with E-state index in [1.54, 1.807) is 6.07 Å². The minimum absolute atomic E-state index is 0.137. The zero-order chi connectivity index (χ0) is 18.7. The van der Waals surface area contributed by atoms with Crippen molar-refractivity contribution < 1.29 is 4.79 Å². The van der Waals surface area contributed by atoms with Crippen LogP contribution >= 0.6 is 11.6 Å². The van der Waals surface area contributed by atoms with Gasteiger partial charge >= 0.3 is 0 Å². The van der Waals surface area contributed by atoms with Gasteiger partial charge < -0.3 is 21.7 Å². The Balaban J connectivity index is 1.60. The molecule has 0 spiro atoms. The van der Waals surface area contributed by atoms with Crippen molar-refractivity contribution in [2.75, 3.05) is 23.7 Å². The topological polar surface area (TPSA) is 110 Å². The highest BCUT2D eigenvalue weighted by Crippen LogP contribution is 2.25. The van der Waals surface area contributed by atoms with Crippen LogP contribution in [0.3, 0.4) is 0 Å². The van der Waals surface area contributed by atoms with Crippen LogP contribution in [0.5, 0.6) is 0 Å². The maximum atomic E-state index is 12.7. The zero-order valence-corrected chi connectivity index (χ0v) is 15.4. The van der Waals surface area contributed by atoms with Gasteiger partial charge in [-0.3, -0.25) is 4.79 Å². The number of rotatable bonds is 4. The summed E-state index contributed by atoms with van der Waals surface area (Å²) in [4.78, 5) is 22.9. The van der Waals surface area contributed by atoms with Crippen LogP contribution in [0.4, 0.5) is 11.6 Å². The van der Waals surface area contributed by atoms with E-state index in [1.165, 1.54) is 6.33 Å². The summed E-state index contributed by atoms with van der Waals surface area (Å²) in [6.45, 7) is 3.20. The first-order chi connectivity index (χ1) is 12.4. The molecule has 1 fully saturated rings. The monoisotopic (exact) mass is 374 g/mol. The van der Waals surface area contributed by atoms with E-state index in [0.717, 1.165) is 11.4 Å². The third-order valence-electron chi connectivity index (χ3n) is 4.82. The lowest BCUT2D eigenvalue weighted by molar-refractivity contribution is -0.127. The molecule has 5 N–H and O–H groups in total. The predicted octanol–water partition coefficient (Wildman–Crippen LogP) is 1.89. The number of carbonyl (C=O) groups is 1. The molecule has 2 heterocycles. The van der Waals surface area contributed by atoms with E-state index in [9.17, 15) is 4.79 Å². The summed E-state index contributed by atoms with van der Waals surface area (Å²) in [5.41, 5.74) is 12.2. The fourth-order valence-electron chi connectivity index (χ4n) is 3.07. The minimum Gasteiger partial charge on any atom is -0.384 e. The van der Waals surface area contributed by atoms with Gasteiger partial charge in [-0.2, -0.15) is 0 Å². The van der Waals surface area contributed by atoms with Crippen molar-refractivity contribution in [3.8, 4) is 0 Å². The van der Waals surface area contributed by atoms with E-state index in [4.69, 9.17) is 23.1 Å². The number of carbonyl (C=O) groups excluding carboxylic acids is 1. The summed E-state index contributed by atoms with van der Waals surface area (Å²) < 4.78 is 0. The first kappa shape index (κ1) is 18.4. The highest BCUT2D eigenvalue weighted by atomic mass is 35.5. The maximum absolute atomic E-state index is 12.7. The van der Waals surface area contributed by atoms with Crippen LogP contribution < -0.4 is 21.7 Å². The number of anilines is 2. The highest BCUT2D eigenvalue weighted by molar-refractivity contribution is 6.30. The molecule has 1 aliphatic heterocycles. The summed E-state index contributed by atoms with van der Waals surface area (Å²) in [6.07, 6.45) is 2.52. The lowest BCUT2D eigenvalue weighted by Gasteiger charge is -2.39. The van der Waals surface area contributed by atoms with Gasteiger partial charge in [-0.1, -0.05) is 23.7 Å². The van der Waals surface area contributed by atoms with E-state index < -0.39 is 5.54 Å². The van der Waals surface area contributed by atoms with Gasteiger partial charge in [-0.25, -0.2) is 9.97 Å². The van der Waals surface area contributed by atoms with Crippen LogP contribution in [0.15, 0.2) is 36.7 Å². The molecule has 0 bridgehead atoms. The van der Waals surface area contributed by atoms with Gasteiger partial charge in [0, 0.05) is 24.2 Å². The van der Waals surface area contributed by atoms with Gasteiger partial charge in [0.05, 0.1) is 11.6 Å². The second-order valence-corrected chi connectivity index (χ2v) is 7.13. The van der Waals surface area contributed by atoms with Crippen molar-refractivity contribution in [2.45, 2.75) is 31.3 Å². The van der Waals surface area contributed by atoms with Gasteiger partial charge in [-0.05, 0) is 37.5 Å². The molecular weight excluding hydrogens is 352 g/mol. The second-order valence-electron chi connectivity index (χ2n) is 6.69. The summed E-state index contributed by atoms with van der Waals surface area (Å²) in [5.74, 6) is 1.05. The number of nitrogens with two attached hydrogens (primary N) is 2. The smallest absolute Gasteiger partial charge is 0.240 e. The lowest BCUT2D eigenvalue weighted by Crippen LogP contribution is -2.60. The summed E-state index contributed by atoms with van der Waals surface area (Å²) >= 11 is 5.91. The molecule has 0 aliphatic carbocycles. The number of benzene rings is 1. The number of halogens is 1. The number of nitrogens with zero attached hydrogens (tertiary/aromatic N) is 3. The predicted molar refractivity (Wildman–Crippen MR) is 103 cm³/mol. The third kappa shape index (κ3) is 4.05. The Morgan fingerprint density at radius 3 is 2.54 bits per heavy atom. The Labute approximate surface area is 157 Å². The molecule has 1 aromatic carbocycles. The first-order valence-electron chi connectivity index (χ1n) is 8.55. The Hall–Kier alpha value is -2.38. The number of piperidine rings is 1. The molecule has 8 heteroatoms. The number of hydrogen-bond acceptors (Lipinski definition) is 6. The largest absolute Gasteiger partial charge is 0.384 e. The molecule has 138 valence electrons. The summed E-state index contributed by atoms with van der Waals surface area (Å²) in [7, 11) is 0. The average molecular weight is 375 g/mol. The Kier molecular flexibility index (Phi) is 5.29. The first-order valence-corrected chi connectivity index (χ1v) is 8.93. The van der Waals surface area contributed by atoms with Gasteiger partial charge in [0.25, 0.3) is 0 Å². The van der Waals surface area contributed by atoms with Crippen molar-refractivity contribution in [3.05, 3.63) is 47.2 Å². The molecule has 2 aromatic rings. The quantitative estimate of drug-likeness (QED) is 0.753. The van der Waals surface area contributed by atoms with Crippen LogP contribution in [-0.4, -0.2) is 34.5 Å². The number of nitrogens with one attached hydrogen (secondary N) is 1. The Morgan fingerprint density at radius 1 is 1.27 bits per heavy atom. The molecule has 1 aliphatic rings. The highest BCUT2D eigenvalue weighted by Gasteiger charge is 2.38. The average Bonchev–Trinajstić information content (AvgIpc) is 2.63. The zero-order valence-electron chi connectivity index (χ0n) is 14.7. The molecule has 0 radical (unpaired) electrons. The van der Waals surface area contributed by atoms with E-state index in [-0.39, 0.29) is 11.9 Å². The molecule has 1 unspecified atom stereocenters. The van der Waals surface area contributed by atoms with E-state index in [0.29, 0.717) is 36.8 Å². The van der Waals surface area contributed by atoms with Gasteiger partial charge in [0.1, 0.15) is 18.0 Å². The molecule has 1 aromatic heterocycles. The lowest BCUT2D eigenvalue weighted by atomic mass is 9.87. The molecule has 3 rings (SSSR count). The van der Waals surface area contributed by atoms with Crippen LogP contribution in [0.25, 0.3) is 0 Å². The van der Waals surface area contributed by atoms with Crippen molar-refractivity contribution >= 4 is 29.1 Å². The minimum atomic E-state index is -0.893. The molecule has 1 atom stereocenters. The van der Waals surface area contributed by atoms with Crippen LogP contribution in [0, 0.1) is 0 Å². The van der Waals surface area contributed by atoms with Crippen LogP contribution in [-0.2, 0) is 4.79 Å². The summed E-state index contributed by atoms with van der Waals surface area (Å²) in [6, 6.07) is 9.01. The third-order valence-corrected chi connectivity index (χ3v) is 5.08. The molecule has 1 amide bonds. The normalized spacial score (nSPS) is 17.6. The molecular formula is C18H23ClN6O. The Bertz CT molecular complexity index is 774. The van der Waals surface area contributed by atoms with Gasteiger partial charge in [0.2, 0.25) is 5.91 Å². The number of hydrogen-bond donors (Lipinski definition) is 3. The fourth-order valence-corrected chi connectivity index (χ4v) is 3.20. The number of nitrogen functional groups attached to an aromatic ring is 1. The van der Waals surface area contributed by atoms with Crippen molar-refractivity contribution in [2.24, 2.45) is 5.73 Å². The second kappa shape index (κ2) is 7.47. The summed E-state index contributed by atoms with van der Waals surface area (Å²) in [5, 5.41) is 3.69. The number of amides is 1. The van der Waals surface area contributed by atoms with Gasteiger partial charge in [-0.15, -0.1) is 0 Å². The molecule has 0 saturated carbocycles. The number of aromatic nitrogens is 2. The van der Waals surface area contributed by atoms with Crippen molar-refractivity contribution in [1.29, 1.82) is 0 Å². The van der Waals surface area contributed by atoms with Crippen molar-refractivity contribution in [1.82, 2.24) is 15.3 Å². The standard InChI is InChI=1S/C18H23ClN6O/c1-12(13-2-4-14(19)5-3-13)24-17(26)18(21)6-8-25(9-7-18)16-10-15(20)22-11-23-16/h2-5,10-12H,6-9,21H2,1H3,(H,24,26)(H2,20,22,23). The molecule has 7 nitrogen and oxygen atoms in total. The Morgan fingerprint density at radius 2 is 1.92 bits per heavy atom. The maximum Gasteiger partial charge on any atom is 0.240 e. The fraction of sp³-hybridized carbons (Fsp3) is 0.389. The van der Waals surface area contributed by atoms with E-state index in [2.05, 4.69) is 20.2 Å². The van der Waals surface area contributed by atoms with Gasteiger partial charge in [0.15, 0.2) is 0 Å². The molecule has 1 saturated heterocycles. The van der Waals surface area contributed by atoms with E-state index >= 15 is 0 Å². The molecule has 26 heavy (non-hydrogen) atoms.